The van der Waals surface area contributed by atoms with Crippen molar-refractivity contribution in [3.63, 3.8) is 0 Å². The Labute approximate surface area is 157 Å². The van der Waals surface area contributed by atoms with Crippen LogP contribution in [0.15, 0.2) is 66.9 Å². The average Bonchev–Trinajstić information content (AvgIpc) is 3.30. The van der Waals surface area contributed by atoms with Gasteiger partial charge in [0.05, 0.1) is 17.1 Å². The number of sulfonamides is 1. The molecule has 1 N–H and O–H groups in total. The number of carbonyl (C=O) groups excluding carboxylic acids is 1. The summed E-state index contributed by atoms with van der Waals surface area (Å²) in [5.74, 6) is -0.151. The molecule has 0 bridgehead atoms. The van der Waals surface area contributed by atoms with Crippen LogP contribution in [-0.4, -0.2) is 36.4 Å². The number of anilines is 2. The van der Waals surface area contributed by atoms with Gasteiger partial charge in [-0.3, -0.25) is 9.10 Å². The molecule has 138 valence electrons. The van der Waals surface area contributed by atoms with E-state index in [1.165, 1.54) is 4.31 Å². The number of nitrogens with zero attached hydrogens (tertiary/aromatic N) is 3. The molecule has 0 unspecified atom stereocenters. The number of hydrogen-bond donors (Lipinski definition) is 1. The van der Waals surface area contributed by atoms with Crippen LogP contribution in [0.2, 0.25) is 0 Å². The van der Waals surface area contributed by atoms with Crippen LogP contribution in [0.1, 0.15) is 16.9 Å². The van der Waals surface area contributed by atoms with Gasteiger partial charge in [-0.25, -0.2) is 13.1 Å². The summed E-state index contributed by atoms with van der Waals surface area (Å²) >= 11 is 0. The Balaban J connectivity index is 1.47. The first-order valence-electron chi connectivity index (χ1n) is 8.56. The maximum absolute atomic E-state index is 12.4. The SMILES string of the molecule is O=C(Nc1ccc(N2CCCS2(=O)=O)cc1)c1ccn(-c2ccccc2)n1. The molecule has 2 heterocycles. The van der Waals surface area contributed by atoms with E-state index >= 15 is 0 Å². The van der Waals surface area contributed by atoms with Crippen LogP contribution in [0.5, 0.6) is 0 Å². The third kappa shape index (κ3) is 3.56. The molecule has 0 aliphatic carbocycles. The predicted octanol–water partition coefficient (Wildman–Crippen LogP) is 2.66. The van der Waals surface area contributed by atoms with Crippen molar-refractivity contribution in [1.82, 2.24) is 9.78 Å². The predicted molar refractivity (Wildman–Crippen MR) is 104 cm³/mol. The molecular weight excluding hydrogens is 364 g/mol. The van der Waals surface area contributed by atoms with E-state index in [1.807, 2.05) is 30.3 Å². The normalized spacial score (nSPS) is 15.6. The van der Waals surface area contributed by atoms with E-state index in [-0.39, 0.29) is 11.7 Å². The van der Waals surface area contributed by atoms with Gasteiger partial charge in [-0.1, -0.05) is 18.2 Å². The Morgan fingerprint density at radius 2 is 1.70 bits per heavy atom. The van der Waals surface area contributed by atoms with E-state index in [4.69, 9.17) is 0 Å². The van der Waals surface area contributed by atoms with Gasteiger partial charge in [0.25, 0.3) is 5.91 Å². The monoisotopic (exact) mass is 382 g/mol. The summed E-state index contributed by atoms with van der Waals surface area (Å²) in [5.41, 5.74) is 2.35. The Morgan fingerprint density at radius 1 is 0.963 bits per heavy atom. The number of para-hydroxylation sites is 1. The smallest absolute Gasteiger partial charge is 0.276 e. The second-order valence-electron chi connectivity index (χ2n) is 6.22. The fraction of sp³-hybridized carbons (Fsp3) is 0.158. The summed E-state index contributed by atoms with van der Waals surface area (Å²) in [4.78, 5) is 12.4. The standard InChI is InChI=1S/C19H18N4O3S/c24-19(18-11-13-22(21-18)16-5-2-1-3-6-16)20-15-7-9-17(10-8-15)23-12-4-14-27(23,25)26/h1-3,5-11,13H,4,12,14H2,(H,20,24). The molecule has 1 amide bonds. The molecule has 1 aliphatic rings. The zero-order chi connectivity index (χ0) is 18.9. The fourth-order valence-corrected chi connectivity index (χ4v) is 4.57. The Kier molecular flexibility index (Phi) is 4.41. The van der Waals surface area contributed by atoms with Gasteiger partial charge >= 0.3 is 0 Å². The van der Waals surface area contributed by atoms with Crippen molar-refractivity contribution in [3.8, 4) is 5.69 Å². The van der Waals surface area contributed by atoms with E-state index < -0.39 is 10.0 Å². The molecule has 1 aliphatic heterocycles. The Bertz CT molecular complexity index is 1060. The molecule has 0 radical (unpaired) electrons. The van der Waals surface area contributed by atoms with E-state index in [1.54, 1.807) is 41.2 Å². The largest absolute Gasteiger partial charge is 0.321 e. The van der Waals surface area contributed by atoms with Crippen LogP contribution in [0.4, 0.5) is 11.4 Å². The highest BCUT2D eigenvalue weighted by atomic mass is 32.2. The van der Waals surface area contributed by atoms with Crippen molar-refractivity contribution in [2.45, 2.75) is 6.42 Å². The van der Waals surface area contributed by atoms with Crippen molar-refractivity contribution in [2.24, 2.45) is 0 Å². The lowest BCUT2D eigenvalue weighted by Crippen LogP contribution is -2.25. The minimum atomic E-state index is -3.21. The molecule has 1 saturated heterocycles. The van der Waals surface area contributed by atoms with Gasteiger partial charge in [-0.2, -0.15) is 5.10 Å². The number of amides is 1. The van der Waals surface area contributed by atoms with Crippen LogP contribution >= 0.6 is 0 Å². The van der Waals surface area contributed by atoms with Gasteiger partial charge in [0.15, 0.2) is 5.69 Å². The molecule has 0 saturated carbocycles. The molecular formula is C19H18N4O3S. The summed E-state index contributed by atoms with van der Waals surface area (Å²) in [5, 5.41) is 7.07. The first kappa shape index (κ1) is 17.3. The average molecular weight is 382 g/mol. The van der Waals surface area contributed by atoms with Crippen LogP contribution in [0.25, 0.3) is 5.69 Å². The van der Waals surface area contributed by atoms with Crippen molar-refractivity contribution < 1.29 is 13.2 Å². The fourth-order valence-electron chi connectivity index (χ4n) is 3.01. The summed E-state index contributed by atoms with van der Waals surface area (Å²) in [6.45, 7) is 0.491. The van der Waals surface area contributed by atoms with Gasteiger partial charge in [-0.05, 0) is 48.9 Å². The van der Waals surface area contributed by atoms with Gasteiger partial charge in [0.1, 0.15) is 0 Å². The number of nitrogens with one attached hydrogen (secondary N) is 1. The number of aromatic nitrogens is 2. The molecule has 0 atom stereocenters. The van der Waals surface area contributed by atoms with Crippen molar-refractivity contribution in [1.29, 1.82) is 0 Å². The highest BCUT2D eigenvalue weighted by Gasteiger charge is 2.28. The van der Waals surface area contributed by atoms with Gasteiger partial charge in [0, 0.05) is 18.4 Å². The number of rotatable bonds is 4. The van der Waals surface area contributed by atoms with Crippen LogP contribution in [0.3, 0.4) is 0 Å². The highest BCUT2D eigenvalue weighted by molar-refractivity contribution is 7.93. The van der Waals surface area contributed by atoms with Crippen molar-refractivity contribution >= 4 is 27.3 Å². The molecule has 1 aromatic heterocycles. The molecule has 8 heteroatoms. The van der Waals surface area contributed by atoms with E-state index in [0.29, 0.717) is 30.0 Å². The topological polar surface area (TPSA) is 84.3 Å². The van der Waals surface area contributed by atoms with Gasteiger partial charge in [0.2, 0.25) is 10.0 Å². The molecule has 27 heavy (non-hydrogen) atoms. The van der Waals surface area contributed by atoms with E-state index in [9.17, 15) is 13.2 Å². The minimum Gasteiger partial charge on any atom is -0.321 e. The lowest BCUT2D eigenvalue weighted by atomic mass is 10.2. The Morgan fingerprint density at radius 3 is 2.37 bits per heavy atom. The van der Waals surface area contributed by atoms with E-state index in [2.05, 4.69) is 10.4 Å². The van der Waals surface area contributed by atoms with Gasteiger partial charge in [-0.15, -0.1) is 0 Å². The summed E-state index contributed by atoms with van der Waals surface area (Å²) in [6, 6.07) is 17.9. The number of benzene rings is 2. The van der Waals surface area contributed by atoms with Crippen molar-refractivity contribution in [3.05, 3.63) is 72.6 Å². The lowest BCUT2D eigenvalue weighted by molar-refractivity contribution is 0.102. The molecule has 1 fully saturated rings. The summed E-state index contributed by atoms with van der Waals surface area (Å²) in [7, 11) is -3.21. The van der Waals surface area contributed by atoms with Crippen LogP contribution < -0.4 is 9.62 Å². The Hall–Kier alpha value is -3.13. The highest BCUT2D eigenvalue weighted by Crippen LogP contribution is 2.25. The zero-order valence-electron chi connectivity index (χ0n) is 14.4. The molecule has 2 aromatic carbocycles. The molecule has 0 spiro atoms. The second-order valence-corrected chi connectivity index (χ2v) is 8.24. The van der Waals surface area contributed by atoms with Crippen LogP contribution in [0, 0.1) is 0 Å². The molecule has 3 aromatic rings. The summed E-state index contributed by atoms with van der Waals surface area (Å²) < 4.78 is 27.0. The number of carbonyl (C=O) groups is 1. The first-order valence-corrected chi connectivity index (χ1v) is 10.2. The van der Waals surface area contributed by atoms with E-state index in [0.717, 1.165) is 5.69 Å². The van der Waals surface area contributed by atoms with Gasteiger partial charge < -0.3 is 5.32 Å². The second kappa shape index (κ2) is 6.88. The van der Waals surface area contributed by atoms with Crippen LogP contribution in [-0.2, 0) is 10.0 Å². The lowest BCUT2D eigenvalue weighted by Gasteiger charge is -2.17. The third-order valence-electron chi connectivity index (χ3n) is 4.35. The molecule has 4 rings (SSSR count). The van der Waals surface area contributed by atoms with Crippen molar-refractivity contribution in [2.75, 3.05) is 21.9 Å². The summed E-state index contributed by atoms with van der Waals surface area (Å²) in [6.07, 6.45) is 2.36. The first-order chi connectivity index (χ1) is 13.0. The maximum Gasteiger partial charge on any atom is 0.276 e. The molecule has 7 nitrogen and oxygen atoms in total. The maximum atomic E-state index is 12.4. The zero-order valence-corrected chi connectivity index (χ0v) is 15.3. The number of hydrogen-bond acceptors (Lipinski definition) is 4. The minimum absolute atomic E-state index is 0.176. The third-order valence-corrected chi connectivity index (χ3v) is 6.22. The quantitative estimate of drug-likeness (QED) is 0.752.